The van der Waals surface area contributed by atoms with Gasteiger partial charge in [0.15, 0.2) is 5.69 Å². The Morgan fingerprint density at radius 1 is 0.909 bits per heavy atom. The molecule has 4 aromatic heterocycles. The van der Waals surface area contributed by atoms with Crippen LogP contribution in [0, 0.1) is 0 Å². The van der Waals surface area contributed by atoms with Gasteiger partial charge in [-0.3, -0.25) is 9.78 Å². The SMILES string of the molecule is O=C(c1ccn(-c2ccc3ccc(-c4cccnc4)cn23)n1)N1CCC(N2CCCC2)CC1. The maximum absolute atomic E-state index is 13.1. The van der Waals surface area contributed by atoms with Crippen LogP contribution in [0.25, 0.3) is 22.5 Å². The highest BCUT2D eigenvalue weighted by Crippen LogP contribution is 2.24. The molecule has 4 aromatic rings. The van der Waals surface area contributed by atoms with Crippen LogP contribution in [0.5, 0.6) is 0 Å². The Bertz CT molecular complexity index is 1260. The lowest BCUT2D eigenvalue weighted by Crippen LogP contribution is -2.46. The van der Waals surface area contributed by atoms with E-state index in [4.69, 9.17) is 0 Å². The average Bonchev–Trinajstić information content (AvgIpc) is 3.64. The normalized spacial score (nSPS) is 17.8. The monoisotopic (exact) mass is 440 g/mol. The number of likely N-dealkylation sites (tertiary alicyclic amines) is 2. The molecule has 0 bridgehead atoms. The summed E-state index contributed by atoms with van der Waals surface area (Å²) in [6, 6.07) is 14.7. The lowest BCUT2D eigenvalue weighted by molar-refractivity contribution is 0.0638. The number of aromatic nitrogens is 4. The van der Waals surface area contributed by atoms with E-state index in [9.17, 15) is 4.79 Å². The molecule has 2 aliphatic heterocycles. The zero-order chi connectivity index (χ0) is 22.2. The predicted molar refractivity (Wildman–Crippen MR) is 127 cm³/mol. The molecule has 0 saturated carbocycles. The molecule has 6 rings (SSSR count). The van der Waals surface area contributed by atoms with Crippen molar-refractivity contribution < 1.29 is 4.79 Å². The van der Waals surface area contributed by atoms with Crippen LogP contribution in [0.4, 0.5) is 0 Å². The van der Waals surface area contributed by atoms with Crippen LogP contribution in [0.15, 0.2) is 67.3 Å². The number of carbonyl (C=O) groups excluding carboxylic acids is 1. The number of rotatable bonds is 4. The third kappa shape index (κ3) is 3.82. The van der Waals surface area contributed by atoms with E-state index in [0.717, 1.165) is 48.4 Å². The minimum atomic E-state index is 0.0329. The number of amides is 1. The highest BCUT2D eigenvalue weighted by molar-refractivity contribution is 5.92. The first-order chi connectivity index (χ1) is 16.3. The van der Waals surface area contributed by atoms with E-state index >= 15 is 0 Å². The van der Waals surface area contributed by atoms with Gasteiger partial charge in [0.25, 0.3) is 5.91 Å². The second-order valence-corrected chi connectivity index (χ2v) is 9.06. The summed E-state index contributed by atoms with van der Waals surface area (Å²) in [4.78, 5) is 21.9. The molecule has 0 N–H and O–H groups in total. The van der Waals surface area contributed by atoms with Crippen LogP contribution in [0.2, 0.25) is 0 Å². The van der Waals surface area contributed by atoms with E-state index in [0.29, 0.717) is 11.7 Å². The third-order valence-electron chi connectivity index (χ3n) is 7.08. The largest absolute Gasteiger partial charge is 0.337 e. The maximum Gasteiger partial charge on any atom is 0.274 e. The third-order valence-corrected chi connectivity index (χ3v) is 7.08. The molecule has 0 spiro atoms. The van der Waals surface area contributed by atoms with Crippen molar-refractivity contribution in [1.29, 1.82) is 0 Å². The number of hydrogen-bond donors (Lipinski definition) is 0. The Morgan fingerprint density at radius 2 is 1.73 bits per heavy atom. The quantitative estimate of drug-likeness (QED) is 0.483. The molecule has 0 atom stereocenters. The zero-order valence-corrected chi connectivity index (χ0v) is 18.7. The van der Waals surface area contributed by atoms with Crippen molar-refractivity contribution in [3.05, 3.63) is 72.9 Å². The van der Waals surface area contributed by atoms with Gasteiger partial charge in [0.2, 0.25) is 0 Å². The van der Waals surface area contributed by atoms with Crippen molar-refractivity contribution in [3.63, 3.8) is 0 Å². The summed E-state index contributed by atoms with van der Waals surface area (Å²) in [5.74, 6) is 0.938. The van der Waals surface area contributed by atoms with Gasteiger partial charge in [-0.1, -0.05) is 12.1 Å². The minimum absolute atomic E-state index is 0.0329. The first-order valence-corrected chi connectivity index (χ1v) is 11.9. The van der Waals surface area contributed by atoms with E-state index in [1.807, 2.05) is 35.5 Å². The fraction of sp³-hybridized carbons (Fsp3) is 0.346. The van der Waals surface area contributed by atoms with Gasteiger partial charge in [0.05, 0.1) is 0 Å². The molecule has 1 amide bonds. The number of nitrogens with zero attached hydrogens (tertiary/aromatic N) is 6. The summed E-state index contributed by atoms with van der Waals surface area (Å²) in [7, 11) is 0. The molecule has 33 heavy (non-hydrogen) atoms. The van der Waals surface area contributed by atoms with Crippen LogP contribution >= 0.6 is 0 Å². The van der Waals surface area contributed by atoms with Gasteiger partial charge >= 0.3 is 0 Å². The molecule has 2 saturated heterocycles. The van der Waals surface area contributed by atoms with E-state index in [1.165, 1.54) is 25.9 Å². The summed E-state index contributed by atoms with van der Waals surface area (Å²) in [6.07, 6.45) is 12.4. The number of piperidine rings is 1. The Balaban J connectivity index is 1.21. The van der Waals surface area contributed by atoms with Crippen molar-refractivity contribution in [1.82, 2.24) is 29.0 Å². The van der Waals surface area contributed by atoms with Crippen LogP contribution in [0.1, 0.15) is 36.2 Å². The maximum atomic E-state index is 13.1. The van der Waals surface area contributed by atoms with Gasteiger partial charge in [0, 0.05) is 55.0 Å². The zero-order valence-electron chi connectivity index (χ0n) is 18.7. The molecule has 168 valence electrons. The van der Waals surface area contributed by atoms with Crippen molar-refractivity contribution in [2.45, 2.75) is 31.7 Å². The molecule has 2 aliphatic rings. The van der Waals surface area contributed by atoms with E-state index < -0.39 is 0 Å². The van der Waals surface area contributed by atoms with Crippen LogP contribution in [-0.2, 0) is 0 Å². The van der Waals surface area contributed by atoms with Crippen molar-refractivity contribution in [3.8, 4) is 16.9 Å². The first-order valence-electron chi connectivity index (χ1n) is 11.9. The minimum Gasteiger partial charge on any atom is -0.337 e. The molecular formula is C26H28N6O. The second-order valence-electron chi connectivity index (χ2n) is 9.06. The summed E-state index contributed by atoms with van der Waals surface area (Å²) in [6.45, 7) is 4.07. The Morgan fingerprint density at radius 3 is 2.52 bits per heavy atom. The number of hydrogen-bond acceptors (Lipinski definition) is 4. The summed E-state index contributed by atoms with van der Waals surface area (Å²) in [5, 5.41) is 4.66. The average molecular weight is 441 g/mol. The highest BCUT2D eigenvalue weighted by Gasteiger charge is 2.29. The van der Waals surface area contributed by atoms with Gasteiger partial charge in [-0.2, -0.15) is 5.10 Å². The number of fused-ring (bicyclic) bond motifs is 1. The topological polar surface area (TPSA) is 58.7 Å². The molecule has 7 heteroatoms. The first kappa shape index (κ1) is 20.2. The summed E-state index contributed by atoms with van der Waals surface area (Å²) >= 11 is 0. The van der Waals surface area contributed by atoms with Gasteiger partial charge < -0.3 is 14.2 Å². The molecular weight excluding hydrogens is 412 g/mol. The lowest BCUT2D eigenvalue weighted by Gasteiger charge is -2.36. The van der Waals surface area contributed by atoms with Gasteiger partial charge in [-0.15, -0.1) is 0 Å². The van der Waals surface area contributed by atoms with E-state index in [2.05, 4.69) is 49.8 Å². The fourth-order valence-electron chi connectivity index (χ4n) is 5.25. The van der Waals surface area contributed by atoms with Crippen molar-refractivity contribution in [2.24, 2.45) is 0 Å². The van der Waals surface area contributed by atoms with Crippen LogP contribution in [-0.4, -0.2) is 67.1 Å². The number of carbonyl (C=O) groups is 1. The predicted octanol–water partition coefficient (Wildman–Crippen LogP) is 3.89. The molecule has 7 nitrogen and oxygen atoms in total. The van der Waals surface area contributed by atoms with E-state index in [-0.39, 0.29) is 5.91 Å². The molecule has 6 heterocycles. The van der Waals surface area contributed by atoms with Gasteiger partial charge in [0.1, 0.15) is 5.82 Å². The standard InChI is InChI=1S/C26H28N6O/c33-26(30-15-9-22(10-16-30)29-13-1-2-14-29)24-11-17-32(28-24)25-8-7-23-6-5-21(19-31(23)25)20-4-3-12-27-18-20/h3-8,11-12,17-19,22H,1-2,9-10,13-16H2. The Kier molecular flexibility index (Phi) is 5.19. The molecule has 2 fully saturated rings. The lowest BCUT2D eigenvalue weighted by atomic mass is 10.0. The highest BCUT2D eigenvalue weighted by atomic mass is 16.2. The van der Waals surface area contributed by atoms with Gasteiger partial charge in [-0.05, 0) is 74.7 Å². The molecule has 0 radical (unpaired) electrons. The Labute approximate surface area is 193 Å². The molecule has 0 unspecified atom stereocenters. The Hall–Kier alpha value is -3.45. The van der Waals surface area contributed by atoms with Crippen molar-refractivity contribution >= 4 is 11.4 Å². The van der Waals surface area contributed by atoms with Crippen LogP contribution < -0.4 is 0 Å². The second kappa shape index (κ2) is 8.48. The summed E-state index contributed by atoms with van der Waals surface area (Å²) in [5.41, 5.74) is 3.73. The van der Waals surface area contributed by atoms with Gasteiger partial charge in [-0.25, -0.2) is 4.68 Å². The fourth-order valence-corrected chi connectivity index (χ4v) is 5.25. The summed E-state index contributed by atoms with van der Waals surface area (Å²) < 4.78 is 3.90. The molecule has 0 aliphatic carbocycles. The molecule has 0 aromatic carbocycles. The smallest absolute Gasteiger partial charge is 0.274 e. The van der Waals surface area contributed by atoms with E-state index in [1.54, 1.807) is 10.9 Å². The van der Waals surface area contributed by atoms with Crippen molar-refractivity contribution in [2.75, 3.05) is 26.2 Å². The van der Waals surface area contributed by atoms with Crippen LogP contribution in [0.3, 0.4) is 0 Å². The number of pyridine rings is 2.